The zero-order chi connectivity index (χ0) is 24.5. The molecule has 0 saturated carbocycles. The molecule has 3 aromatic rings. The van der Waals surface area contributed by atoms with Crippen molar-refractivity contribution in [1.29, 1.82) is 0 Å². The van der Waals surface area contributed by atoms with Crippen LogP contribution in [0.3, 0.4) is 0 Å². The molecule has 4 rings (SSSR count). The number of aromatic nitrogens is 1. The molecule has 1 amide bonds. The first-order valence-electron chi connectivity index (χ1n) is 10.8. The van der Waals surface area contributed by atoms with Gasteiger partial charge >= 0.3 is 5.97 Å². The Hall–Kier alpha value is -3.66. The number of rotatable bonds is 8. The lowest BCUT2D eigenvalue weighted by Gasteiger charge is -2.17. The van der Waals surface area contributed by atoms with Crippen LogP contribution in [0, 0.1) is 6.92 Å². The van der Waals surface area contributed by atoms with E-state index in [-0.39, 0.29) is 23.5 Å². The SMILES string of the molecule is CCOC(=O)CCS(=O)(=O)c1cc(C)c2ncc(C(N)=O)c(Nc3cccc4c3CCO4)c2c1. The van der Waals surface area contributed by atoms with Crippen molar-refractivity contribution in [3.63, 3.8) is 0 Å². The summed E-state index contributed by atoms with van der Waals surface area (Å²) in [5.41, 5.74) is 8.95. The molecule has 0 saturated heterocycles. The van der Waals surface area contributed by atoms with Crippen LogP contribution >= 0.6 is 0 Å². The number of hydrogen-bond donors (Lipinski definition) is 2. The molecular formula is C24H25N3O6S. The van der Waals surface area contributed by atoms with Crippen molar-refractivity contribution in [3.8, 4) is 5.75 Å². The lowest BCUT2D eigenvalue weighted by Crippen LogP contribution is -2.16. The van der Waals surface area contributed by atoms with Crippen LogP contribution in [0.1, 0.15) is 34.8 Å². The van der Waals surface area contributed by atoms with E-state index in [0.29, 0.717) is 35.2 Å². The molecule has 2 heterocycles. The number of fused-ring (bicyclic) bond motifs is 2. The first kappa shape index (κ1) is 23.5. The zero-order valence-corrected chi connectivity index (χ0v) is 19.7. The van der Waals surface area contributed by atoms with E-state index in [4.69, 9.17) is 15.2 Å². The fourth-order valence-corrected chi connectivity index (χ4v) is 5.32. The van der Waals surface area contributed by atoms with E-state index in [0.717, 1.165) is 17.0 Å². The number of esters is 1. The number of hydrogen-bond acceptors (Lipinski definition) is 8. The molecule has 34 heavy (non-hydrogen) atoms. The van der Waals surface area contributed by atoms with Gasteiger partial charge in [0.2, 0.25) is 0 Å². The van der Waals surface area contributed by atoms with Gasteiger partial charge in [0, 0.05) is 29.3 Å². The molecule has 2 aromatic carbocycles. The molecule has 0 fully saturated rings. The Morgan fingerprint density at radius 3 is 2.79 bits per heavy atom. The van der Waals surface area contributed by atoms with E-state index in [2.05, 4.69) is 10.3 Å². The van der Waals surface area contributed by atoms with Gasteiger partial charge in [0.1, 0.15) is 5.75 Å². The third-order valence-corrected chi connectivity index (χ3v) is 7.34. The minimum atomic E-state index is -3.81. The second kappa shape index (κ2) is 9.30. The van der Waals surface area contributed by atoms with Gasteiger partial charge in [0.25, 0.3) is 5.91 Å². The molecule has 0 unspecified atom stereocenters. The van der Waals surface area contributed by atoms with E-state index in [9.17, 15) is 18.0 Å². The van der Waals surface area contributed by atoms with E-state index < -0.39 is 27.5 Å². The number of nitrogens with two attached hydrogens (primary N) is 1. The molecule has 0 spiro atoms. The van der Waals surface area contributed by atoms with Crippen LogP contribution in [0.2, 0.25) is 0 Å². The molecule has 1 aliphatic heterocycles. The molecule has 0 radical (unpaired) electrons. The molecular weight excluding hydrogens is 458 g/mol. The number of nitrogens with zero attached hydrogens (tertiary/aromatic N) is 1. The Labute approximate surface area is 197 Å². The van der Waals surface area contributed by atoms with Gasteiger partial charge in [0.15, 0.2) is 9.84 Å². The third-order valence-electron chi connectivity index (χ3n) is 5.64. The average molecular weight is 484 g/mol. The standard InChI is InChI=1S/C24H25N3O6S/c1-3-32-21(28)8-10-34(30,31)15-11-14(2)22-17(12-15)23(18(13-26-22)24(25)29)27-19-5-4-6-20-16(19)7-9-33-20/h4-6,11-13H,3,7-10H2,1-2H3,(H2,25,29)(H,26,27). The van der Waals surface area contributed by atoms with Gasteiger partial charge in [-0.3, -0.25) is 14.6 Å². The summed E-state index contributed by atoms with van der Waals surface area (Å²) in [6.45, 7) is 4.13. The van der Waals surface area contributed by atoms with Gasteiger partial charge in [-0.2, -0.15) is 0 Å². The Bertz CT molecular complexity index is 1400. The van der Waals surface area contributed by atoms with Crippen LogP contribution in [-0.4, -0.2) is 44.2 Å². The summed E-state index contributed by atoms with van der Waals surface area (Å²) in [5.74, 6) is -0.924. The van der Waals surface area contributed by atoms with Crippen LogP contribution in [0.5, 0.6) is 5.75 Å². The normalized spacial score (nSPS) is 12.8. The van der Waals surface area contributed by atoms with Gasteiger partial charge in [-0.05, 0) is 43.7 Å². The van der Waals surface area contributed by atoms with Gasteiger partial charge < -0.3 is 20.5 Å². The predicted octanol–water partition coefficient (Wildman–Crippen LogP) is 3.05. The molecule has 0 aliphatic carbocycles. The minimum Gasteiger partial charge on any atom is -0.493 e. The zero-order valence-electron chi connectivity index (χ0n) is 18.9. The number of anilines is 2. The fourth-order valence-electron chi connectivity index (χ4n) is 3.99. The summed E-state index contributed by atoms with van der Waals surface area (Å²) >= 11 is 0. The summed E-state index contributed by atoms with van der Waals surface area (Å²) in [4.78, 5) is 28.3. The van der Waals surface area contributed by atoms with E-state index in [1.54, 1.807) is 13.8 Å². The minimum absolute atomic E-state index is 0.0230. The molecule has 0 atom stereocenters. The van der Waals surface area contributed by atoms with Crippen molar-refractivity contribution >= 4 is 44.0 Å². The Morgan fingerprint density at radius 2 is 2.06 bits per heavy atom. The number of sulfone groups is 1. The summed E-state index contributed by atoms with van der Waals surface area (Å²) in [5, 5.41) is 3.71. The van der Waals surface area contributed by atoms with E-state index in [1.807, 2.05) is 18.2 Å². The summed E-state index contributed by atoms with van der Waals surface area (Å²) in [6, 6.07) is 8.53. The number of pyridine rings is 1. The number of ether oxygens (including phenoxy) is 2. The van der Waals surface area contributed by atoms with E-state index >= 15 is 0 Å². The quantitative estimate of drug-likeness (QED) is 0.466. The highest BCUT2D eigenvalue weighted by Crippen LogP contribution is 2.37. The molecule has 3 N–H and O–H groups in total. The number of aryl methyl sites for hydroxylation is 1. The largest absolute Gasteiger partial charge is 0.493 e. The third kappa shape index (κ3) is 4.54. The van der Waals surface area contributed by atoms with E-state index in [1.165, 1.54) is 18.3 Å². The van der Waals surface area contributed by atoms with Gasteiger partial charge in [-0.15, -0.1) is 0 Å². The van der Waals surface area contributed by atoms with Crippen molar-refractivity contribution in [2.24, 2.45) is 5.73 Å². The number of primary amides is 1. The lowest BCUT2D eigenvalue weighted by atomic mass is 10.0. The number of amides is 1. The predicted molar refractivity (Wildman–Crippen MR) is 127 cm³/mol. The maximum Gasteiger partial charge on any atom is 0.306 e. The number of carbonyl (C=O) groups excluding carboxylic acids is 2. The Kier molecular flexibility index (Phi) is 6.43. The van der Waals surface area contributed by atoms with Gasteiger partial charge in [-0.1, -0.05) is 6.07 Å². The van der Waals surface area contributed by atoms with Crippen molar-refractivity contribution in [3.05, 3.63) is 53.2 Å². The second-order valence-corrected chi connectivity index (χ2v) is 10.0. The van der Waals surface area contributed by atoms with Gasteiger partial charge in [0.05, 0.1) is 47.1 Å². The second-order valence-electron chi connectivity index (χ2n) is 7.93. The molecule has 1 aromatic heterocycles. The van der Waals surface area contributed by atoms with Gasteiger partial charge in [-0.25, -0.2) is 8.42 Å². The van der Waals surface area contributed by atoms with Crippen LogP contribution in [0.25, 0.3) is 10.9 Å². The van der Waals surface area contributed by atoms with Crippen LogP contribution < -0.4 is 15.8 Å². The maximum absolute atomic E-state index is 13.0. The van der Waals surface area contributed by atoms with Crippen molar-refractivity contribution in [1.82, 2.24) is 4.98 Å². The highest BCUT2D eigenvalue weighted by Gasteiger charge is 2.23. The first-order valence-corrected chi connectivity index (χ1v) is 12.5. The average Bonchev–Trinajstić information content (AvgIpc) is 3.28. The van der Waals surface area contributed by atoms with Crippen molar-refractivity contribution < 1.29 is 27.5 Å². The number of nitrogens with one attached hydrogen (secondary N) is 1. The monoisotopic (exact) mass is 483 g/mol. The van der Waals surface area contributed by atoms with Crippen molar-refractivity contribution in [2.75, 3.05) is 24.3 Å². The summed E-state index contributed by atoms with van der Waals surface area (Å²) in [6.07, 6.45) is 1.82. The van der Waals surface area contributed by atoms with Crippen LogP contribution in [0.15, 0.2) is 41.4 Å². The first-order chi connectivity index (χ1) is 16.2. The molecule has 10 heteroatoms. The fraction of sp³-hybridized carbons (Fsp3) is 0.292. The van der Waals surface area contributed by atoms with Crippen LogP contribution in [-0.2, 0) is 25.8 Å². The smallest absolute Gasteiger partial charge is 0.306 e. The Balaban J connectivity index is 1.83. The maximum atomic E-state index is 13.0. The highest BCUT2D eigenvalue weighted by atomic mass is 32.2. The lowest BCUT2D eigenvalue weighted by molar-refractivity contribution is -0.142. The Morgan fingerprint density at radius 1 is 1.26 bits per heavy atom. The topological polar surface area (TPSA) is 138 Å². The highest BCUT2D eigenvalue weighted by molar-refractivity contribution is 7.91. The number of carbonyl (C=O) groups is 2. The molecule has 9 nitrogen and oxygen atoms in total. The number of benzene rings is 2. The summed E-state index contributed by atoms with van der Waals surface area (Å²) in [7, 11) is -3.81. The van der Waals surface area contributed by atoms with Crippen LogP contribution in [0.4, 0.5) is 11.4 Å². The molecule has 1 aliphatic rings. The summed E-state index contributed by atoms with van der Waals surface area (Å²) < 4.78 is 36.5. The molecule has 178 valence electrons. The molecule has 0 bridgehead atoms. The van der Waals surface area contributed by atoms with Crippen molar-refractivity contribution in [2.45, 2.75) is 31.6 Å².